The molecule has 0 aromatic heterocycles. The van der Waals surface area contributed by atoms with Crippen LogP contribution in [0.25, 0.3) is 0 Å². The second-order valence-corrected chi connectivity index (χ2v) is 6.88. The summed E-state index contributed by atoms with van der Waals surface area (Å²) in [6.07, 6.45) is 8.73. The van der Waals surface area contributed by atoms with Crippen LogP contribution < -0.4 is 5.32 Å². The zero-order valence-corrected chi connectivity index (χ0v) is 13.4. The highest BCUT2D eigenvalue weighted by molar-refractivity contribution is 6.30. The Kier molecular flexibility index (Phi) is 4.55. The second-order valence-electron chi connectivity index (χ2n) is 6.44. The van der Waals surface area contributed by atoms with E-state index in [-0.39, 0.29) is 24.5 Å². The molecule has 118 valence electrons. The first-order valence-electron chi connectivity index (χ1n) is 8.00. The van der Waals surface area contributed by atoms with E-state index in [1.807, 2.05) is 36.4 Å². The van der Waals surface area contributed by atoms with E-state index in [0.717, 1.165) is 37.7 Å². The number of hydrogen-bond acceptors (Lipinski definition) is 2. The van der Waals surface area contributed by atoms with Crippen molar-refractivity contribution in [2.75, 3.05) is 6.61 Å². The Morgan fingerprint density at radius 1 is 1.23 bits per heavy atom. The number of aliphatic hydroxyl groups excluding tert-OH is 1. The lowest BCUT2D eigenvalue weighted by atomic mass is 9.78. The van der Waals surface area contributed by atoms with E-state index in [1.54, 1.807) is 0 Å². The Bertz CT molecular complexity index is 561. The molecule has 3 rings (SSSR count). The molecule has 4 heteroatoms. The number of carbonyl (C=O) groups excluding carboxylic acids is 1. The number of rotatable bonds is 4. The van der Waals surface area contributed by atoms with Gasteiger partial charge in [0.25, 0.3) is 0 Å². The molecule has 1 aromatic carbocycles. The van der Waals surface area contributed by atoms with E-state index in [1.165, 1.54) is 0 Å². The van der Waals surface area contributed by atoms with E-state index in [0.29, 0.717) is 5.02 Å². The highest BCUT2D eigenvalue weighted by Crippen LogP contribution is 2.42. The van der Waals surface area contributed by atoms with Gasteiger partial charge in [0.2, 0.25) is 5.91 Å². The summed E-state index contributed by atoms with van der Waals surface area (Å²) in [5, 5.41) is 13.1. The maximum Gasteiger partial charge on any atom is 0.231 e. The first-order valence-corrected chi connectivity index (χ1v) is 8.38. The zero-order valence-electron chi connectivity index (χ0n) is 12.6. The third kappa shape index (κ3) is 2.92. The summed E-state index contributed by atoms with van der Waals surface area (Å²) in [6, 6.07) is 7.72. The van der Waals surface area contributed by atoms with Crippen molar-refractivity contribution in [2.45, 2.75) is 43.6 Å². The molecule has 0 unspecified atom stereocenters. The van der Waals surface area contributed by atoms with Crippen molar-refractivity contribution >= 4 is 17.5 Å². The molecule has 2 atom stereocenters. The predicted molar refractivity (Wildman–Crippen MR) is 87.9 cm³/mol. The third-order valence-corrected chi connectivity index (χ3v) is 5.26. The summed E-state index contributed by atoms with van der Waals surface area (Å²) in [5.74, 6) is 0.279. The van der Waals surface area contributed by atoms with Crippen LogP contribution in [0.2, 0.25) is 5.02 Å². The van der Waals surface area contributed by atoms with Gasteiger partial charge in [-0.3, -0.25) is 4.79 Å². The lowest BCUT2D eigenvalue weighted by Crippen LogP contribution is -2.46. The maximum atomic E-state index is 13.0. The molecule has 2 N–H and O–H groups in total. The first kappa shape index (κ1) is 15.6. The normalized spacial score (nSPS) is 26.3. The van der Waals surface area contributed by atoms with Crippen molar-refractivity contribution in [3.8, 4) is 0 Å². The fourth-order valence-electron chi connectivity index (χ4n) is 3.72. The van der Waals surface area contributed by atoms with E-state index in [2.05, 4.69) is 5.32 Å². The van der Waals surface area contributed by atoms with Gasteiger partial charge in [-0.15, -0.1) is 0 Å². The molecule has 1 saturated carbocycles. The van der Waals surface area contributed by atoms with Gasteiger partial charge in [-0.2, -0.15) is 0 Å². The molecular weight excluding hydrogens is 298 g/mol. The molecule has 0 bridgehead atoms. The third-order valence-electron chi connectivity index (χ3n) is 5.01. The van der Waals surface area contributed by atoms with Gasteiger partial charge in [-0.05, 0) is 37.0 Å². The van der Waals surface area contributed by atoms with Crippen LogP contribution in [-0.2, 0) is 10.2 Å². The van der Waals surface area contributed by atoms with Gasteiger partial charge >= 0.3 is 0 Å². The van der Waals surface area contributed by atoms with Crippen LogP contribution >= 0.6 is 11.6 Å². The first-order chi connectivity index (χ1) is 10.6. The highest BCUT2D eigenvalue weighted by Gasteiger charge is 2.43. The minimum Gasteiger partial charge on any atom is -0.396 e. The average Bonchev–Trinajstić information content (AvgIpc) is 3.17. The maximum absolute atomic E-state index is 13.0. The van der Waals surface area contributed by atoms with Crippen LogP contribution in [0, 0.1) is 5.92 Å². The molecule has 3 nitrogen and oxygen atoms in total. The van der Waals surface area contributed by atoms with Crippen molar-refractivity contribution < 1.29 is 9.90 Å². The monoisotopic (exact) mass is 319 g/mol. The molecule has 2 aliphatic carbocycles. The molecule has 2 aliphatic rings. The Morgan fingerprint density at radius 2 is 1.91 bits per heavy atom. The van der Waals surface area contributed by atoms with Gasteiger partial charge in [0, 0.05) is 23.6 Å². The van der Waals surface area contributed by atoms with Gasteiger partial charge in [0.15, 0.2) is 0 Å². The van der Waals surface area contributed by atoms with Crippen molar-refractivity contribution in [3.63, 3.8) is 0 Å². The summed E-state index contributed by atoms with van der Waals surface area (Å²) >= 11 is 5.98. The Balaban J connectivity index is 1.77. The number of aliphatic hydroxyl groups is 1. The van der Waals surface area contributed by atoms with Gasteiger partial charge in [-0.25, -0.2) is 0 Å². The van der Waals surface area contributed by atoms with E-state index in [9.17, 15) is 9.90 Å². The van der Waals surface area contributed by atoms with Crippen LogP contribution in [0.3, 0.4) is 0 Å². The molecule has 0 heterocycles. The van der Waals surface area contributed by atoms with Crippen molar-refractivity contribution in [3.05, 3.63) is 47.0 Å². The fraction of sp³-hybridized carbons (Fsp3) is 0.500. The van der Waals surface area contributed by atoms with Gasteiger partial charge in [0.05, 0.1) is 5.41 Å². The molecule has 1 fully saturated rings. The summed E-state index contributed by atoms with van der Waals surface area (Å²) in [6.45, 7) is 0.144. The number of halogens is 1. The lowest BCUT2D eigenvalue weighted by molar-refractivity contribution is -0.127. The van der Waals surface area contributed by atoms with Crippen molar-refractivity contribution in [1.29, 1.82) is 0 Å². The number of nitrogens with one attached hydrogen (secondary N) is 1. The quantitative estimate of drug-likeness (QED) is 0.837. The van der Waals surface area contributed by atoms with Crippen LogP contribution in [0.15, 0.2) is 36.4 Å². The number of benzene rings is 1. The van der Waals surface area contributed by atoms with Gasteiger partial charge in [-0.1, -0.05) is 48.7 Å². The fourth-order valence-corrected chi connectivity index (χ4v) is 3.84. The summed E-state index contributed by atoms with van der Waals surface area (Å²) in [7, 11) is 0. The van der Waals surface area contributed by atoms with Crippen LogP contribution in [0.5, 0.6) is 0 Å². The number of carbonyl (C=O) groups is 1. The summed E-state index contributed by atoms with van der Waals surface area (Å²) in [5.41, 5.74) is 0.642. The van der Waals surface area contributed by atoms with E-state index >= 15 is 0 Å². The predicted octanol–water partition coefficient (Wildman–Crippen LogP) is 3.21. The zero-order chi connectivity index (χ0) is 15.6. The number of amides is 1. The Morgan fingerprint density at radius 3 is 2.50 bits per heavy atom. The minimum atomic E-state index is -0.421. The van der Waals surface area contributed by atoms with Crippen LogP contribution in [0.1, 0.15) is 37.7 Å². The molecule has 0 aliphatic heterocycles. The second kappa shape index (κ2) is 6.43. The molecular formula is C18H22ClNO2. The van der Waals surface area contributed by atoms with Gasteiger partial charge in [0.1, 0.15) is 0 Å². The lowest BCUT2D eigenvalue weighted by Gasteiger charge is -2.30. The van der Waals surface area contributed by atoms with Crippen LogP contribution in [-0.4, -0.2) is 23.7 Å². The molecule has 0 saturated heterocycles. The largest absolute Gasteiger partial charge is 0.396 e. The summed E-state index contributed by atoms with van der Waals surface area (Å²) < 4.78 is 0. The molecule has 0 spiro atoms. The average molecular weight is 320 g/mol. The topological polar surface area (TPSA) is 49.3 Å². The molecule has 1 amide bonds. The molecule has 22 heavy (non-hydrogen) atoms. The SMILES string of the molecule is O=C(N[C@@H]1C=C[C@H](CO)C1)C1(c2ccc(Cl)cc2)CCCC1. The summed E-state index contributed by atoms with van der Waals surface area (Å²) in [4.78, 5) is 13.0. The van der Waals surface area contributed by atoms with E-state index < -0.39 is 5.41 Å². The minimum absolute atomic E-state index is 0.0365. The number of hydrogen-bond donors (Lipinski definition) is 2. The highest BCUT2D eigenvalue weighted by atomic mass is 35.5. The molecule has 0 radical (unpaired) electrons. The van der Waals surface area contributed by atoms with Crippen molar-refractivity contribution in [1.82, 2.24) is 5.32 Å². The molecule has 1 aromatic rings. The smallest absolute Gasteiger partial charge is 0.231 e. The Hall–Kier alpha value is -1.32. The van der Waals surface area contributed by atoms with Crippen molar-refractivity contribution in [2.24, 2.45) is 5.92 Å². The van der Waals surface area contributed by atoms with E-state index in [4.69, 9.17) is 11.6 Å². The van der Waals surface area contributed by atoms with Crippen LogP contribution in [0.4, 0.5) is 0 Å². The standard InChI is InChI=1S/C18H22ClNO2/c19-15-6-4-14(5-7-15)18(9-1-2-10-18)17(22)20-16-8-3-13(11-16)12-21/h3-8,13,16,21H,1-2,9-12H2,(H,20,22)/t13-,16+/m0/s1. The Labute approximate surface area is 136 Å². The van der Waals surface area contributed by atoms with Gasteiger partial charge < -0.3 is 10.4 Å².